The SMILES string of the molecule is Cc1nc(NCCN(C)C)cc(NCc2cccnc2)n1. The molecule has 0 bridgehead atoms. The second kappa shape index (κ2) is 7.54. The van der Waals surface area contributed by atoms with Gasteiger partial charge >= 0.3 is 0 Å². The summed E-state index contributed by atoms with van der Waals surface area (Å²) in [5, 5.41) is 6.61. The Bertz CT molecular complexity index is 555. The highest BCUT2D eigenvalue weighted by molar-refractivity contribution is 5.47. The van der Waals surface area contributed by atoms with Crippen LogP contribution in [0, 0.1) is 6.92 Å². The van der Waals surface area contributed by atoms with Crippen LogP contribution in [-0.4, -0.2) is 47.0 Å². The zero-order chi connectivity index (χ0) is 15.1. The Balaban J connectivity index is 1.94. The van der Waals surface area contributed by atoms with Crippen LogP contribution >= 0.6 is 0 Å². The summed E-state index contributed by atoms with van der Waals surface area (Å²) in [7, 11) is 4.10. The molecule has 0 aromatic carbocycles. The van der Waals surface area contributed by atoms with Gasteiger partial charge in [-0.05, 0) is 32.6 Å². The Morgan fingerprint density at radius 2 is 1.90 bits per heavy atom. The molecule has 2 heterocycles. The van der Waals surface area contributed by atoms with Crippen LogP contribution in [-0.2, 0) is 6.54 Å². The van der Waals surface area contributed by atoms with Crippen molar-refractivity contribution in [1.29, 1.82) is 0 Å². The van der Waals surface area contributed by atoms with E-state index in [4.69, 9.17) is 0 Å². The molecule has 21 heavy (non-hydrogen) atoms. The van der Waals surface area contributed by atoms with E-state index in [0.29, 0.717) is 6.54 Å². The maximum Gasteiger partial charge on any atom is 0.132 e. The van der Waals surface area contributed by atoms with Crippen LogP contribution in [0.1, 0.15) is 11.4 Å². The smallest absolute Gasteiger partial charge is 0.132 e. The maximum atomic E-state index is 4.40. The van der Waals surface area contributed by atoms with Gasteiger partial charge in [-0.2, -0.15) is 0 Å². The number of pyridine rings is 1. The molecule has 6 nitrogen and oxygen atoms in total. The summed E-state index contributed by atoms with van der Waals surface area (Å²) < 4.78 is 0. The first kappa shape index (κ1) is 15.2. The summed E-state index contributed by atoms with van der Waals surface area (Å²) in [5.41, 5.74) is 1.12. The molecule has 0 aliphatic carbocycles. The third-order valence-electron chi connectivity index (χ3n) is 2.90. The van der Waals surface area contributed by atoms with Crippen LogP contribution in [0.15, 0.2) is 30.6 Å². The molecule has 0 saturated carbocycles. The monoisotopic (exact) mass is 286 g/mol. The molecule has 0 spiro atoms. The van der Waals surface area contributed by atoms with Crippen LogP contribution in [0.25, 0.3) is 0 Å². The standard InChI is InChI=1S/C15H22N6/c1-12-19-14(17-7-8-21(2)3)9-15(20-12)18-11-13-5-4-6-16-10-13/h4-6,9-10H,7-8,11H2,1-3H3,(H2,17,18,19,20). The molecule has 2 N–H and O–H groups in total. The molecule has 112 valence electrons. The van der Waals surface area contributed by atoms with Gasteiger partial charge in [0.1, 0.15) is 17.5 Å². The summed E-state index contributed by atoms with van der Waals surface area (Å²) >= 11 is 0. The molecule has 6 heteroatoms. The summed E-state index contributed by atoms with van der Waals surface area (Å²) in [6.07, 6.45) is 3.61. The van der Waals surface area contributed by atoms with Crippen molar-refractivity contribution >= 4 is 11.6 Å². The first-order valence-corrected chi connectivity index (χ1v) is 7.00. The second-order valence-electron chi connectivity index (χ2n) is 5.13. The molecule has 0 fully saturated rings. The first-order chi connectivity index (χ1) is 10.1. The number of rotatable bonds is 7. The largest absolute Gasteiger partial charge is 0.369 e. The highest BCUT2D eigenvalue weighted by Gasteiger charge is 2.02. The zero-order valence-corrected chi connectivity index (χ0v) is 12.8. The van der Waals surface area contributed by atoms with E-state index >= 15 is 0 Å². The van der Waals surface area contributed by atoms with Gasteiger partial charge in [0.2, 0.25) is 0 Å². The number of anilines is 2. The van der Waals surface area contributed by atoms with E-state index in [9.17, 15) is 0 Å². The number of nitrogens with zero attached hydrogens (tertiary/aromatic N) is 4. The van der Waals surface area contributed by atoms with Crippen LogP contribution in [0.3, 0.4) is 0 Å². The predicted octanol–water partition coefficient (Wildman–Crippen LogP) is 1.77. The molecule has 0 atom stereocenters. The topological polar surface area (TPSA) is 66.0 Å². The van der Waals surface area contributed by atoms with Crippen LogP contribution in [0.5, 0.6) is 0 Å². The number of likely N-dealkylation sites (N-methyl/N-ethyl adjacent to an activating group) is 1. The summed E-state index contributed by atoms with van der Waals surface area (Å²) in [6, 6.07) is 5.89. The average Bonchev–Trinajstić information content (AvgIpc) is 2.45. The summed E-state index contributed by atoms with van der Waals surface area (Å²) in [4.78, 5) is 15.0. The lowest BCUT2D eigenvalue weighted by Gasteiger charge is -2.12. The summed E-state index contributed by atoms with van der Waals surface area (Å²) in [6.45, 7) is 4.40. The number of aromatic nitrogens is 3. The van der Waals surface area contributed by atoms with E-state index in [0.717, 1.165) is 36.1 Å². The van der Waals surface area contributed by atoms with Crippen LogP contribution in [0.4, 0.5) is 11.6 Å². The van der Waals surface area contributed by atoms with Crippen molar-refractivity contribution in [2.75, 3.05) is 37.8 Å². The highest BCUT2D eigenvalue weighted by Crippen LogP contribution is 2.12. The second-order valence-corrected chi connectivity index (χ2v) is 5.13. The van der Waals surface area contributed by atoms with E-state index in [-0.39, 0.29) is 0 Å². The fourth-order valence-corrected chi connectivity index (χ4v) is 1.85. The molecule has 2 rings (SSSR count). The lowest BCUT2D eigenvalue weighted by molar-refractivity contribution is 0.425. The van der Waals surface area contributed by atoms with Crippen molar-refractivity contribution in [2.24, 2.45) is 0 Å². The summed E-state index contributed by atoms with van der Waals surface area (Å²) in [5.74, 6) is 2.41. The molecule has 0 radical (unpaired) electrons. The number of nitrogens with one attached hydrogen (secondary N) is 2. The number of aryl methyl sites for hydroxylation is 1. The minimum Gasteiger partial charge on any atom is -0.369 e. The Morgan fingerprint density at radius 1 is 1.14 bits per heavy atom. The van der Waals surface area contributed by atoms with Crippen LogP contribution in [0.2, 0.25) is 0 Å². The average molecular weight is 286 g/mol. The molecule has 2 aromatic rings. The maximum absolute atomic E-state index is 4.40. The van der Waals surface area contributed by atoms with Gasteiger partial charge in [0, 0.05) is 38.1 Å². The lowest BCUT2D eigenvalue weighted by Crippen LogP contribution is -2.21. The number of hydrogen-bond donors (Lipinski definition) is 2. The van der Waals surface area contributed by atoms with Crippen molar-refractivity contribution < 1.29 is 0 Å². The third kappa shape index (κ3) is 5.35. The van der Waals surface area contributed by atoms with Gasteiger partial charge in [-0.15, -0.1) is 0 Å². The van der Waals surface area contributed by atoms with Crippen molar-refractivity contribution in [3.8, 4) is 0 Å². The van der Waals surface area contributed by atoms with Crippen molar-refractivity contribution in [1.82, 2.24) is 19.9 Å². The van der Waals surface area contributed by atoms with E-state index in [1.807, 2.05) is 45.4 Å². The van der Waals surface area contributed by atoms with Gasteiger partial charge < -0.3 is 15.5 Å². The minimum atomic E-state index is 0.696. The van der Waals surface area contributed by atoms with E-state index in [2.05, 4.69) is 30.5 Å². The quantitative estimate of drug-likeness (QED) is 0.808. The van der Waals surface area contributed by atoms with Crippen LogP contribution < -0.4 is 10.6 Å². The Labute approximate surface area is 125 Å². The lowest BCUT2D eigenvalue weighted by atomic mass is 10.3. The third-order valence-corrected chi connectivity index (χ3v) is 2.90. The van der Waals surface area contributed by atoms with Gasteiger partial charge in [0.25, 0.3) is 0 Å². The molecule has 0 saturated heterocycles. The van der Waals surface area contributed by atoms with Gasteiger partial charge in [-0.1, -0.05) is 6.07 Å². The highest BCUT2D eigenvalue weighted by atomic mass is 15.1. The molecule has 0 amide bonds. The van der Waals surface area contributed by atoms with Gasteiger partial charge in [-0.3, -0.25) is 4.98 Å². The van der Waals surface area contributed by atoms with E-state index < -0.39 is 0 Å². The zero-order valence-electron chi connectivity index (χ0n) is 12.8. The normalized spacial score (nSPS) is 10.7. The molecular formula is C15H22N6. The molecule has 0 aliphatic rings. The number of hydrogen-bond acceptors (Lipinski definition) is 6. The van der Waals surface area contributed by atoms with Crippen molar-refractivity contribution in [3.05, 3.63) is 42.0 Å². The molecule has 2 aromatic heterocycles. The van der Waals surface area contributed by atoms with Crippen molar-refractivity contribution in [3.63, 3.8) is 0 Å². The van der Waals surface area contributed by atoms with Gasteiger partial charge in [0.15, 0.2) is 0 Å². The Morgan fingerprint density at radius 3 is 2.57 bits per heavy atom. The van der Waals surface area contributed by atoms with E-state index in [1.54, 1.807) is 6.20 Å². The predicted molar refractivity (Wildman–Crippen MR) is 85.4 cm³/mol. The first-order valence-electron chi connectivity index (χ1n) is 7.00. The fourth-order valence-electron chi connectivity index (χ4n) is 1.85. The molecule has 0 unspecified atom stereocenters. The van der Waals surface area contributed by atoms with Gasteiger partial charge in [0.05, 0.1) is 0 Å². The Hall–Kier alpha value is -2.21. The van der Waals surface area contributed by atoms with E-state index in [1.165, 1.54) is 0 Å². The molecular weight excluding hydrogens is 264 g/mol. The minimum absolute atomic E-state index is 0.696. The Kier molecular flexibility index (Phi) is 5.45. The van der Waals surface area contributed by atoms with Gasteiger partial charge in [-0.25, -0.2) is 9.97 Å². The fraction of sp³-hybridized carbons (Fsp3) is 0.400. The molecule has 0 aliphatic heterocycles. The van der Waals surface area contributed by atoms with Crippen molar-refractivity contribution in [2.45, 2.75) is 13.5 Å².